The molecule has 2 aromatic rings. The maximum atomic E-state index is 11.6. The number of nitrogens with zero attached hydrogens (tertiary/aromatic N) is 4. The van der Waals surface area contributed by atoms with E-state index >= 15 is 0 Å². The van der Waals surface area contributed by atoms with E-state index in [-0.39, 0.29) is 23.3 Å². The van der Waals surface area contributed by atoms with Gasteiger partial charge in [-0.2, -0.15) is 4.98 Å². The molecule has 5 N–H and O–H groups in total. The molecule has 1 amide bonds. The highest BCUT2D eigenvalue weighted by Crippen LogP contribution is 2.12. The molecule has 11 nitrogen and oxygen atoms in total. The van der Waals surface area contributed by atoms with Crippen molar-refractivity contribution < 1.29 is 9.72 Å². The van der Waals surface area contributed by atoms with Crippen LogP contribution in [0.5, 0.6) is 0 Å². The van der Waals surface area contributed by atoms with Crippen molar-refractivity contribution in [1.82, 2.24) is 25.5 Å². The van der Waals surface area contributed by atoms with Gasteiger partial charge >= 0.3 is 0 Å². The van der Waals surface area contributed by atoms with Gasteiger partial charge < -0.3 is 16.4 Å². The molecule has 0 spiro atoms. The van der Waals surface area contributed by atoms with Gasteiger partial charge in [0.2, 0.25) is 17.0 Å². The lowest BCUT2D eigenvalue weighted by molar-refractivity contribution is -0.385. The average molecular weight is 338 g/mol. The number of rotatable bonds is 8. The van der Waals surface area contributed by atoms with Gasteiger partial charge in [0.1, 0.15) is 12.0 Å². The Labute approximate surface area is 134 Å². The third-order valence-corrected chi connectivity index (χ3v) is 3.37. The second kappa shape index (κ2) is 7.93. The molecule has 23 heavy (non-hydrogen) atoms. The number of hydrogen-bond donors (Lipinski definition) is 4. The number of H-pyrrole nitrogens is 1. The number of nitro groups is 1. The standard InChI is InChI=1S/C11H14N8O3S/c12-10-16-11(18-17-10)23-6-9(20)14-4-3-13-8-2-1-7(5-15-8)19(21)22/h1-2,5H,3-4,6H2,(H,13,15)(H,14,20)(H3,12,16,17,18). The van der Waals surface area contributed by atoms with Crippen LogP contribution in [0, 0.1) is 10.1 Å². The summed E-state index contributed by atoms with van der Waals surface area (Å²) in [5.41, 5.74) is 5.29. The smallest absolute Gasteiger partial charge is 0.287 e. The number of amides is 1. The van der Waals surface area contributed by atoms with Gasteiger partial charge in [0.15, 0.2) is 0 Å². The third-order valence-electron chi connectivity index (χ3n) is 2.53. The zero-order chi connectivity index (χ0) is 16.7. The zero-order valence-electron chi connectivity index (χ0n) is 11.9. The highest BCUT2D eigenvalue weighted by molar-refractivity contribution is 7.99. The summed E-state index contributed by atoms with van der Waals surface area (Å²) in [5, 5.41) is 22.8. The van der Waals surface area contributed by atoms with Crippen molar-refractivity contribution in [3.8, 4) is 0 Å². The number of nitrogen functional groups attached to an aromatic ring is 1. The molecule has 0 bridgehead atoms. The third kappa shape index (κ3) is 5.43. The first-order valence-electron chi connectivity index (χ1n) is 6.46. The van der Waals surface area contributed by atoms with Gasteiger partial charge in [0.05, 0.1) is 10.7 Å². The number of thioether (sulfide) groups is 1. The first kappa shape index (κ1) is 16.5. The Bertz CT molecular complexity index is 674. The molecule has 0 aliphatic rings. The Hall–Kier alpha value is -2.89. The average Bonchev–Trinajstić information content (AvgIpc) is 2.95. The molecule has 122 valence electrons. The minimum absolute atomic E-state index is 0.0755. The van der Waals surface area contributed by atoms with Crippen LogP contribution >= 0.6 is 11.8 Å². The molecule has 12 heteroatoms. The summed E-state index contributed by atoms with van der Waals surface area (Å²) in [5.74, 6) is 0.701. The lowest BCUT2D eigenvalue weighted by Gasteiger charge is -2.06. The van der Waals surface area contributed by atoms with Crippen LogP contribution < -0.4 is 16.4 Å². The predicted molar refractivity (Wildman–Crippen MR) is 83.9 cm³/mol. The van der Waals surface area contributed by atoms with Crippen LogP contribution in [0.2, 0.25) is 0 Å². The molecule has 0 atom stereocenters. The minimum atomic E-state index is -0.517. The van der Waals surface area contributed by atoms with Gasteiger partial charge in [-0.3, -0.25) is 14.9 Å². The Morgan fingerprint density at radius 2 is 2.26 bits per heavy atom. The van der Waals surface area contributed by atoms with Crippen LogP contribution in [-0.4, -0.2) is 49.8 Å². The lowest BCUT2D eigenvalue weighted by atomic mass is 10.4. The van der Waals surface area contributed by atoms with Gasteiger partial charge in [-0.15, -0.1) is 5.10 Å². The van der Waals surface area contributed by atoms with Crippen molar-refractivity contribution in [2.45, 2.75) is 5.16 Å². The van der Waals surface area contributed by atoms with E-state index in [0.717, 1.165) is 0 Å². The van der Waals surface area contributed by atoms with Crippen molar-refractivity contribution in [1.29, 1.82) is 0 Å². The van der Waals surface area contributed by atoms with E-state index in [2.05, 4.69) is 30.8 Å². The van der Waals surface area contributed by atoms with Gasteiger partial charge in [0.25, 0.3) is 5.69 Å². The highest BCUT2D eigenvalue weighted by atomic mass is 32.2. The predicted octanol–water partition coefficient (Wildman–Crippen LogP) is 0.0105. The first-order chi connectivity index (χ1) is 11.0. The zero-order valence-corrected chi connectivity index (χ0v) is 12.7. The van der Waals surface area contributed by atoms with Crippen LogP contribution in [0.4, 0.5) is 17.5 Å². The summed E-state index contributed by atoms with van der Waals surface area (Å²) in [4.78, 5) is 29.3. The summed E-state index contributed by atoms with van der Waals surface area (Å²) in [6, 6.07) is 2.86. The van der Waals surface area contributed by atoms with Crippen molar-refractivity contribution >= 4 is 35.1 Å². The second-order valence-electron chi connectivity index (χ2n) is 4.23. The SMILES string of the molecule is Nc1nc(SCC(=O)NCCNc2ccc([N+](=O)[O-])cn2)n[nH]1. The van der Waals surface area contributed by atoms with Crippen molar-refractivity contribution in [3.05, 3.63) is 28.4 Å². The van der Waals surface area contributed by atoms with E-state index in [9.17, 15) is 14.9 Å². The van der Waals surface area contributed by atoms with E-state index in [0.29, 0.717) is 24.1 Å². The molecule has 0 radical (unpaired) electrons. The van der Waals surface area contributed by atoms with Gasteiger partial charge in [-0.05, 0) is 6.07 Å². The normalized spacial score (nSPS) is 10.3. The molecular weight excluding hydrogens is 324 g/mol. The highest BCUT2D eigenvalue weighted by Gasteiger charge is 2.07. The topological polar surface area (TPSA) is 165 Å². The minimum Gasteiger partial charge on any atom is -0.368 e. The van der Waals surface area contributed by atoms with Crippen LogP contribution in [0.3, 0.4) is 0 Å². The summed E-state index contributed by atoms with van der Waals surface area (Å²) in [6.45, 7) is 0.822. The monoisotopic (exact) mass is 338 g/mol. The van der Waals surface area contributed by atoms with Crippen molar-refractivity contribution in [2.24, 2.45) is 0 Å². The van der Waals surface area contributed by atoms with Gasteiger partial charge in [-0.1, -0.05) is 11.8 Å². The molecule has 0 saturated carbocycles. The molecule has 0 saturated heterocycles. The number of aromatic nitrogens is 4. The fourth-order valence-electron chi connectivity index (χ4n) is 1.49. The molecule has 0 fully saturated rings. The van der Waals surface area contributed by atoms with Crippen LogP contribution in [0.1, 0.15) is 0 Å². The summed E-state index contributed by atoms with van der Waals surface area (Å²) < 4.78 is 0. The fourth-order valence-corrected chi connectivity index (χ4v) is 2.13. The molecule has 2 aromatic heterocycles. The van der Waals surface area contributed by atoms with Crippen molar-refractivity contribution in [2.75, 3.05) is 29.9 Å². The fraction of sp³-hybridized carbons (Fsp3) is 0.273. The Balaban J connectivity index is 1.62. The molecular formula is C11H14N8O3S. The Morgan fingerprint density at radius 1 is 1.43 bits per heavy atom. The van der Waals surface area contributed by atoms with Crippen LogP contribution in [0.15, 0.2) is 23.5 Å². The number of nitrogens with two attached hydrogens (primary N) is 1. The summed E-state index contributed by atoms with van der Waals surface area (Å²) in [7, 11) is 0. The molecule has 0 aliphatic heterocycles. The number of carbonyl (C=O) groups is 1. The van der Waals surface area contributed by atoms with E-state index in [1.54, 1.807) is 0 Å². The van der Waals surface area contributed by atoms with Gasteiger partial charge in [0, 0.05) is 19.2 Å². The molecule has 2 rings (SSSR count). The van der Waals surface area contributed by atoms with E-state index < -0.39 is 4.92 Å². The van der Waals surface area contributed by atoms with Crippen molar-refractivity contribution in [3.63, 3.8) is 0 Å². The number of hydrogen-bond acceptors (Lipinski definition) is 9. The van der Waals surface area contributed by atoms with Gasteiger partial charge in [-0.25, -0.2) is 10.1 Å². The van der Waals surface area contributed by atoms with E-state index in [1.165, 1.54) is 30.1 Å². The number of anilines is 2. The molecule has 0 aliphatic carbocycles. The number of carbonyl (C=O) groups excluding carboxylic acids is 1. The number of pyridine rings is 1. The largest absolute Gasteiger partial charge is 0.368 e. The summed E-state index contributed by atoms with van der Waals surface area (Å²) in [6.07, 6.45) is 1.17. The van der Waals surface area contributed by atoms with E-state index in [4.69, 9.17) is 5.73 Å². The van der Waals surface area contributed by atoms with Crippen LogP contribution in [0.25, 0.3) is 0 Å². The Morgan fingerprint density at radius 3 is 2.87 bits per heavy atom. The molecule has 2 heterocycles. The summed E-state index contributed by atoms with van der Waals surface area (Å²) >= 11 is 1.17. The van der Waals surface area contributed by atoms with Crippen LogP contribution in [-0.2, 0) is 4.79 Å². The van der Waals surface area contributed by atoms with E-state index in [1.807, 2.05) is 0 Å². The molecule has 0 aromatic carbocycles. The number of aromatic amines is 1. The number of nitrogens with one attached hydrogen (secondary N) is 3. The Kier molecular flexibility index (Phi) is 5.68. The quantitative estimate of drug-likeness (QED) is 0.224. The maximum absolute atomic E-state index is 11.6. The lowest BCUT2D eigenvalue weighted by Crippen LogP contribution is -2.30. The first-order valence-corrected chi connectivity index (χ1v) is 7.45. The second-order valence-corrected chi connectivity index (χ2v) is 5.17. The maximum Gasteiger partial charge on any atom is 0.287 e. The molecule has 0 unspecified atom stereocenters.